The lowest BCUT2D eigenvalue weighted by Gasteiger charge is -2.25. The SMILES string of the molecule is COc1ccc(C(O)[C@H](N)CN2CCCC2)cc1C(F)F. The molecule has 6 heteroatoms. The summed E-state index contributed by atoms with van der Waals surface area (Å²) < 4.78 is 30.9. The Balaban J connectivity index is 2.10. The molecular formula is C15H22F2N2O2. The minimum atomic E-state index is -2.65. The molecule has 21 heavy (non-hydrogen) atoms. The highest BCUT2D eigenvalue weighted by Crippen LogP contribution is 2.32. The summed E-state index contributed by atoms with van der Waals surface area (Å²) in [4.78, 5) is 2.19. The minimum Gasteiger partial charge on any atom is -0.496 e. The number of nitrogens with zero attached hydrogens (tertiary/aromatic N) is 1. The number of alkyl halides is 2. The highest BCUT2D eigenvalue weighted by Gasteiger charge is 2.24. The number of likely N-dealkylation sites (tertiary alicyclic amines) is 1. The number of nitrogens with two attached hydrogens (primary N) is 1. The van der Waals surface area contributed by atoms with Gasteiger partial charge in [0.2, 0.25) is 0 Å². The van der Waals surface area contributed by atoms with Crippen LogP contribution in [-0.2, 0) is 0 Å². The Morgan fingerprint density at radius 3 is 2.57 bits per heavy atom. The summed E-state index contributed by atoms with van der Waals surface area (Å²) in [5, 5.41) is 10.3. The lowest BCUT2D eigenvalue weighted by Crippen LogP contribution is -2.40. The molecule has 0 spiro atoms. The number of rotatable bonds is 6. The summed E-state index contributed by atoms with van der Waals surface area (Å²) in [7, 11) is 1.34. The van der Waals surface area contributed by atoms with E-state index in [1.54, 1.807) is 6.07 Å². The van der Waals surface area contributed by atoms with E-state index in [0.29, 0.717) is 12.1 Å². The largest absolute Gasteiger partial charge is 0.496 e. The molecule has 0 radical (unpaired) electrons. The van der Waals surface area contributed by atoms with Gasteiger partial charge in [0.15, 0.2) is 0 Å². The number of aliphatic hydroxyl groups excluding tert-OH is 1. The summed E-state index contributed by atoms with van der Waals surface area (Å²) in [6, 6.07) is 3.81. The van der Waals surface area contributed by atoms with Crippen LogP contribution in [0.3, 0.4) is 0 Å². The van der Waals surface area contributed by atoms with Crippen molar-refractivity contribution in [3.63, 3.8) is 0 Å². The minimum absolute atomic E-state index is 0.120. The average Bonchev–Trinajstić information content (AvgIpc) is 2.98. The first kappa shape index (κ1) is 16.1. The number of aliphatic hydroxyl groups is 1. The Kier molecular flexibility index (Phi) is 5.50. The molecular weight excluding hydrogens is 278 g/mol. The summed E-state index contributed by atoms with van der Waals surface area (Å²) in [5.41, 5.74) is 6.20. The second kappa shape index (κ2) is 7.15. The molecule has 3 N–H and O–H groups in total. The monoisotopic (exact) mass is 300 g/mol. The van der Waals surface area contributed by atoms with Crippen LogP contribution in [0, 0.1) is 0 Å². The molecule has 1 aliphatic heterocycles. The predicted molar refractivity (Wildman–Crippen MR) is 76.6 cm³/mol. The van der Waals surface area contributed by atoms with Crippen LogP contribution in [0.4, 0.5) is 8.78 Å². The van der Waals surface area contributed by atoms with E-state index in [2.05, 4.69) is 4.90 Å². The third-order valence-corrected chi connectivity index (χ3v) is 3.90. The van der Waals surface area contributed by atoms with E-state index >= 15 is 0 Å². The number of benzene rings is 1. The number of ether oxygens (including phenoxy) is 1. The molecule has 1 aliphatic rings. The molecule has 0 aromatic heterocycles. The molecule has 1 aromatic rings. The molecule has 118 valence electrons. The van der Waals surface area contributed by atoms with Crippen LogP contribution >= 0.6 is 0 Å². The second-order valence-corrected chi connectivity index (χ2v) is 5.42. The average molecular weight is 300 g/mol. The Hall–Kier alpha value is -1.24. The molecule has 1 heterocycles. The van der Waals surface area contributed by atoms with Crippen molar-refractivity contribution in [3.8, 4) is 5.75 Å². The van der Waals surface area contributed by atoms with Gasteiger partial charge >= 0.3 is 0 Å². The van der Waals surface area contributed by atoms with E-state index in [0.717, 1.165) is 25.9 Å². The van der Waals surface area contributed by atoms with E-state index in [-0.39, 0.29) is 11.3 Å². The van der Waals surface area contributed by atoms with Crippen LogP contribution in [0.1, 0.15) is 36.5 Å². The molecule has 0 bridgehead atoms. The van der Waals surface area contributed by atoms with Gasteiger partial charge in [0.05, 0.1) is 18.8 Å². The number of methoxy groups -OCH3 is 1. The second-order valence-electron chi connectivity index (χ2n) is 5.42. The first-order valence-corrected chi connectivity index (χ1v) is 7.15. The molecule has 1 unspecified atom stereocenters. The fourth-order valence-corrected chi connectivity index (χ4v) is 2.72. The zero-order valence-corrected chi connectivity index (χ0v) is 12.1. The fourth-order valence-electron chi connectivity index (χ4n) is 2.72. The Labute approximate surface area is 123 Å². The van der Waals surface area contributed by atoms with Crippen molar-refractivity contribution in [2.45, 2.75) is 31.4 Å². The van der Waals surface area contributed by atoms with Crippen LogP contribution in [0.5, 0.6) is 5.75 Å². The molecule has 0 aliphatic carbocycles. The Bertz CT molecular complexity index is 465. The van der Waals surface area contributed by atoms with Gasteiger partial charge in [-0.25, -0.2) is 8.78 Å². The van der Waals surface area contributed by atoms with Gasteiger partial charge in [-0.2, -0.15) is 0 Å². The van der Waals surface area contributed by atoms with Crippen LogP contribution in [0.15, 0.2) is 18.2 Å². The normalized spacial score (nSPS) is 19.0. The van der Waals surface area contributed by atoms with Crippen LogP contribution < -0.4 is 10.5 Å². The highest BCUT2D eigenvalue weighted by atomic mass is 19.3. The van der Waals surface area contributed by atoms with Crippen molar-refractivity contribution in [1.82, 2.24) is 4.90 Å². The third kappa shape index (κ3) is 3.90. The van der Waals surface area contributed by atoms with Gasteiger partial charge in [-0.15, -0.1) is 0 Å². The lowest BCUT2D eigenvalue weighted by atomic mass is 10.00. The van der Waals surface area contributed by atoms with Crippen LogP contribution in [-0.4, -0.2) is 42.8 Å². The Morgan fingerprint density at radius 1 is 1.33 bits per heavy atom. The fraction of sp³-hybridized carbons (Fsp3) is 0.600. The standard InChI is InChI=1S/C15H22F2N2O2/c1-21-13-5-4-10(8-11(13)15(16)17)14(20)12(18)9-19-6-2-3-7-19/h4-5,8,12,14-15,20H,2-3,6-7,9,18H2,1H3/t12-,14?/m1/s1. The number of halogens is 2. The molecule has 0 saturated carbocycles. The van der Waals surface area contributed by atoms with Crippen molar-refractivity contribution < 1.29 is 18.6 Å². The maximum absolute atomic E-state index is 13.0. The van der Waals surface area contributed by atoms with Gasteiger partial charge in [0.25, 0.3) is 6.43 Å². The summed E-state index contributed by atoms with van der Waals surface area (Å²) in [6.07, 6.45) is -1.34. The van der Waals surface area contributed by atoms with Crippen molar-refractivity contribution in [1.29, 1.82) is 0 Å². The maximum Gasteiger partial charge on any atom is 0.267 e. The summed E-state index contributed by atoms with van der Waals surface area (Å²) >= 11 is 0. The van der Waals surface area contributed by atoms with Crippen molar-refractivity contribution in [2.75, 3.05) is 26.7 Å². The van der Waals surface area contributed by atoms with Crippen molar-refractivity contribution in [3.05, 3.63) is 29.3 Å². The van der Waals surface area contributed by atoms with Crippen molar-refractivity contribution in [2.24, 2.45) is 5.73 Å². The van der Waals surface area contributed by atoms with Gasteiger partial charge in [0.1, 0.15) is 5.75 Å². The van der Waals surface area contributed by atoms with Gasteiger partial charge < -0.3 is 20.5 Å². The smallest absolute Gasteiger partial charge is 0.267 e. The van der Waals surface area contributed by atoms with Gasteiger partial charge in [-0.1, -0.05) is 6.07 Å². The highest BCUT2D eigenvalue weighted by molar-refractivity contribution is 5.39. The number of hydrogen-bond donors (Lipinski definition) is 2. The molecule has 1 fully saturated rings. The molecule has 2 rings (SSSR count). The Morgan fingerprint density at radius 2 is 2.00 bits per heavy atom. The zero-order valence-electron chi connectivity index (χ0n) is 12.1. The summed E-state index contributed by atoms with van der Waals surface area (Å²) in [5.74, 6) is 0.120. The van der Waals surface area contributed by atoms with Crippen LogP contribution in [0.25, 0.3) is 0 Å². The van der Waals surface area contributed by atoms with Crippen molar-refractivity contribution >= 4 is 0 Å². The third-order valence-electron chi connectivity index (χ3n) is 3.90. The lowest BCUT2D eigenvalue weighted by molar-refractivity contribution is 0.123. The quantitative estimate of drug-likeness (QED) is 0.844. The first-order valence-electron chi connectivity index (χ1n) is 7.15. The van der Waals surface area contributed by atoms with Gasteiger partial charge in [-0.05, 0) is 43.6 Å². The van der Waals surface area contributed by atoms with E-state index < -0.39 is 18.6 Å². The molecule has 0 amide bonds. The molecule has 2 atom stereocenters. The topological polar surface area (TPSA) is 58.7 Å². The van der Waals surface area contributed by atoms with E-state index in [1.165, 1.54) is 19.2 Å². The summed E-state index contributed by atoms with van der Waals surface area (Å²) in [6.45, 7) is 2.52. The maximum atomic E-state index is 13.0. The van der Waals surface area contributed by atoms with Gasteiger partial charge in [-0.3, -0.25) is 0 Å². The van der Waals surface area contributed by atoms with Gasteiger partial charge in [0, 0.05) is 12.6 Å². The molecule has 1 saturated heterocycles. The van der Waals surface area contributed by atoms with E-state index in [1.807, 2.05) is 0 Å². The number of hydrogen-bond acceptors (Lipinski definition) is 4. The molecule has 1 aromatic carbocycles. The first-order chi connectivity index (χ1) is 10.0. The van der Waals surface area contributed by atoms with E-state index in [4.69, 9.17) is 10.5 Å². The molecule has 4 nitrogen and oxygen atoms in total. The van der Waals surface area contributed by atoms with Crippen LogP contribution in [0.2, 0.25) is 0 Å². The zero-order chi connectivity index (χ0) is 15.4. The predicted octanol–water partition coefficient (Wildman–Crippen LogP) is 2.09. The van der Waals surface area contributed by atoms with E-state index in [9.17, 15) is 13.9 Å².